The molecule has 1 heterocycles. The van der Waals surface area contributed by atoms with E-state index in [-0.39, 0.29) is 30.4 Å². The number of carboxylic acid groups (broad SMARTS) is 1. The Labute approximate surface area is 154 Å². The third-order valence-electron chi connectivity index (χ3n) is 3.61. The molecule has 0 radical (unpaired) electrons. The Morgan fingerprint density at radius 3 is 2.59 bits per heavy atom. The molecule has 1 N–H and O–H groups in total. The predicted octanol–water partition coefficient (Wildman–Crippen LogP) is 3.38. The Bertz CT molecular complexity index is 883. The van der Waals surface area contributed by atoms with Gasteiger partial charge in [0.05, 0.1) is 12.8 Å². The molecule has 2 aromatic rings. The van der Waals surface area contributed by atoms with Crippen molar-refractivity contribution in [3.05, 3.63) is 46.4 Å². The fourth-order valence-corrected chi connectivity index (χ4v) is 2.44. The van der Waals surface area contributed by atoms with Gasteiger partial charge in [-0.25, -0.2) is 13.9 Å². The lowest BCUT2D eigenvalue weighted by atomic mass is 10.0. The van der Waals surface area contributed by atoms with Crippen molar-refractivity contribution in [3.63, 3.8) is 0 Å². The van der Waals surface area contributed by atoms with Crippen LogP contribution in [0.5, 0.6) is 17.2 Å². The highest BCUT2D eigenvalue weighted by molar-refractivity contribution is 5.71. The summed E-state index contributed by atoms with van der Waals surface area (Å²) >= 11 is 0. The van der Waals surface area contributed by atoms with Gasteiger partial charge >= 0.3 is 5.97 Å². The highest BCUT2D eigenvalue weighted by Crippen LogP contribution is 2.32. The van der Waals surface area contributed by atoms with E-state index in [4.69, 9.17) is 9.47 Å². The Kier molecular flexibility index (Phi) is 6.49. The molecule has 0 amide bonds. The number of hydrogen-bond acceptors (Lipinski definition) is 5. The van der Waals surface area contributed by atoms with Crippen LogP contribution in [0.2, 0.25) is 0 Å². The fourth-order valence-electron chi connectivity index (χ4n) is 2.44. The SMILES string of the molecule is CCOc1ccc(F)c(Oc2cnn(C(CC(C)C)C(=O)O)c(=O)c2)c1F. The van der Waals surface area contributed by atoms with Gasteiger partial charge in [-0.3, -0.25) is 4.79 Å². The second kappa shape index (κ2) is 8.61. The summed E-state index contributed by atoms with van der Waals surface area (Å²) in [6.45, 7) is 5.44. The molecule has 9 heteroatoms. The Hall–Kier alpha value is -2.97. The number of hydrogen-bond donors (Lipinski definition) is 1. The number of aromatic nitrogens is 2. The van der Waals surface area contributed by atoms with Gasteiger partial charge in [-0.15, -0.1) is 0 Å². The lowest BCUT2D eigenvalue weighted by Crippen LogP contribution is -2.32. The predicted molar refractivity (Wildman–Crippen MR) is 92.2 cm³/mol. The van der Waals surface area contributed by atoms with Crippen LogP contribution in [0.3, 0.4) is 0 Å². The minimum absolute atomic E-state index is 0.0141. The van der Waals surface area contributed by atoms with Gasteiger partial charge in [-0.1, -0.05) is 13.8 Å². The van der Waals surface area contributed by atoms with Crippen LogP contribution in [0.1, 0.15) is 33.2 Å². The molecular formula is C18H20F2N2O5. The van der Waals surface area contributed by atoms with E-state index in [9.17, 15) is 23.5 Å². The van der Waals surface area contributed by atoms with Gasteiger partial charge in [0.15, 0.2) is 23.4 Å². The maximum Gasteiger partial charge on any atom is 0.328 e. The van der Waals surface area contributed by atoms with Crippen molar-refractivity contribution < 1.29 is 28.2 Å². The minimum atomic E-state index is -1.20. The highest BCUT2D eigenvalue weighted by atomic mass is 19.1. The van der Waals surface area contributed by atoms with Crippen LogP contribution in [0, 0.1) is 17.6 Å². The maximum atomic E-state index is 14.3. The lowest BCUT2D eigenvalue weighted by Gasteiger charge is -2.16. The van der Waals surface area contributed by atoms with Crippen molar-refractivity contribution in [2.24, 2.45) is 5.92 Å². The number of aliphatic carboxylic acids is 1. The van der Waals surface area contributed by atoms with E-state index in [1.807, 2.05) is 13.8 Å². The van der Waals surface area contributed by atoms with E-state index in [1.165, 1.54) is 0 Å². The summed E-state index contributed by atoms with van der Waals surface area (Å²) in [4.78, 5) is 23.6. The molecule has 1 atom stereocenters. The van der Waals surface area contributed by atoms with E-state index in [0.29, 0.717) is 0 Å². The first kappa shape index (κ1) is 20.3. The highest BCUT2D eigenvalue weighted by Gasteiger charge is 2.24. The van der Waals surface area contributed by atoms with Gasteiger partial charge in [0.1, 0.15) is 0 Å². The van der Waals surface area contributed by atoms with Crippen molar-refractivity contribution >= 4 is 5.97 Å². The number of nitrogens with zero attached hydrogens (tertiary/aromatic N) is 2. The molecule has 0 aliphatic carbocycles. The molecule has 27 heavy (non-hydrogen) atoms. The molecule has 0 aliphatic heterocycles. The first-order valence-corrected chi connectivity index (χ1v) is 8.34. The van der Waals surface area contributed by atoms with Crippen LogP contribution in [0.4, 0.5) is 8.78 Å². The molecule has 146 valence electrons. The molecule has 7 nitrogen and oxygen atoms in total. The summed E-state index contributed by atoms with van der Waals surface area (Å²) in [7, 11) is 0. The number of ether oxygens (including phenoxy) is 2. The molecule has 1 aromatic heterocycles. The van der Waals surface area contributed by atoms with Crippen LogP contribution in [-0.2, 0) is 4.79 Å². The zero-order valence-electron chi connectivity index (χ0n) is 15.1. The van der Waals surface area contributed by atoms with Gasteiger partial charge in [-0.2, -0.15) is 9.49 Å². The number of benzene rings is 1. The molecule has 2 rings (SSSR count). The topological polar surface area (TPSA) is 90.7 Å². The normalized spacial score (nSPS) is 12.1. The van der Waals surface area contributed by atoms with Crippen molar-refractivity contribution in [2.75, 3.05) is 6.61 Å². The first-order chi connectivity index (χ1) is 12.7. The molecule has 0 aliphatic rings. The van der Waals surface area contributed by atoms with Crippen LogP contribution in [0.15, 0.2) is 29.2 Å². The average Bonchev–Trinajstić information content (AvgIpc) is 2.59. The average molecular weight is 382 g/mol. The molecule has 1 aromatic carbocycles. The van der Waals surface area contributed by atoms with Crippen LogP contribution in [-0.4, -0.2) is 27.5 Å². The minimum Gasteiger partial charge on any atom is -0.491 e. The number of carboxylic acids is 1. The first-order valence-electron chi connectivity index (χ1n) is 8.34. The Balaban J connectivity index is 2.35. The summed E-state index contributed by atoms with van der Waals surface area (Å²) in [5.74, 6) is -4.38. The lowest BCUT2D eigenvalue weighted by molar-refractivity contribution is -0.141. The second-order valence-corrected chi connectivity index (χ2v) is 6.18. The molecule has 1 unspecified atom stereocenters. The van der Waals surface area contributed by atoms with Gasteiger partial charge in [0, 0.05) is 6.07 Å². The van der Waals surface area contributed by atoms with E-state index in [1.54, 1.807) is 6.92 Å². The van der Waals surface area contributed by atoms with E-state index in [2.05, 4.69) is 5.10 Å². The second-order valence-electron chi connectivity index (χ2n) is 6.18. The van der Waals surface area contributed by atoms with Gasteiger partial charge in [0.2, 0.25) is 11.6 Å². The smallest absolute Gasteiger partial charge is 0.328 e. The van der Waals surface area contributed by atoms with Crippen molar-refractivity contribution in [2.45, 2.75) is 33.2 Å². The molecule has 0 fully saturated rings. The molecule has 0 saturated carbocycles. The summed E-state index contributed by atoms with van der Waals surface area (Å²) in [6, 6.07) is 1.87. The largest absolute Gasteiger partial charge is 0.491 e. The summed E-state index contributed by atoms with van der Waals surface area (Å²) in [6.07, 6.45) is 1.23. The van der Waals surface area contributed by atoms with Crippen LogP contribution in [0.25, 0.3) is 0 Å². The Morgan fingerprint density at radius 2 is 2.04 bits per heavy atom. The standard InChI is InChI=1S/C18H20F2N2O5/c1-4-26-14-6-5-12(19)17(16(14)20)27-11-8-15(23)22(21-9-11)13(18(24)25)7-10(2)3/h5-6,8-10,13H,4,7H2,1-3H3,(H,24,25). The molecule has 0 saturated heterocycles. The zero-order valence-corrected chi connectivity index (χ0v) is 15.1. The fraction of sp³-hybridized carbons (Fsp3) is 0.389. The monoisotopic (exact) mass is 382 g/mol. The van der Waals surface area contributed by atoms with Gasteiger partial charge in [0.25, 0.3) is 5.56 Å². The Morgan fingerprint density at radius 1 is 1.33 bits per heavy atom. The molecule has 0 spiro atoms. The van der Waals surface area contributed by atoms with Crippen LogP contribution < -0.4 is 15.0 Å². The number of carbonyl (C=O) groups is 1. The summed E-state index contributed by atoms with van der Waals surface area (Å²) < 4.78 is 39.2. The molecule has 0 bridgehead atoms. The van der Waals surface area contributed by atoms with Crippen molar-refractivity contribution in [3.8, 4) is 17.2 Å². The number of rotatable bonds is 8. The summed E-state index contributed by atoms with van der Waals surface area (Å²) in [5, 5.41) is 13.1. The van der Waals surface area contributed by atoms with Gasteiger partial charge < -0.3 is 14.6 Å². The maximum absolute atomic E-state index is 14.3. The third kappa shape index (κ3) is 4.81. The quantitative estimate of drug-likeness (QED) is 0.753. The molecular weight excluding hydrogens is 362 g/mol. The zero-order chi connectivity index (χ0) is 20.1. The third-order valence-corrected chi connectivity index (χ3v) is 3.61. The van der Waals surface area contributed by atoms with E-state index < -0.39 is 35.0 Å². The summed E-state index contributed by atoms with van der Waals surface area (Å²) in [5.41, 5.74) is -0.762. The van der Waals surface area contributed by atoms with Gasteiger partial charge in [-0.05, 0) is 31.4 Å². The van der Waals surface area contributed by atoms with Crippen molar-refractivity contribution in [1.29, 1.82) is 0 Å². The van der Waals surface area contributed by atoms with E-state index >= 15 is 0 Å². The number of halogens is 2. The van der Waals surface area contributed by atoms with Crippen molar-refractivity contribution in [1.82, 2.24) is 9.78 Å². The van der Waals surface area contributed by atoms with Crippen LogP contribution >= 0.6 is 0 Å². The van der Waals surface area contributed by atoms with E-state index in [0.717, 1.165) is 29.1 Å².